The maximum absolute atomic E-state index is 6.20. The summed E-state index contributed by atoms with van der Waals surface area (Å²) in [5.74, 6) is 1.34. The lowest BCUT2D eigenvalue weighted by Gasteiger charge is -2.42. The third-order valence-corrected chi connectivity index (χ3v) is 4.86. The van der Waals surface area contributed by atoms with E-state index in [1.165, 1.54) is 0 Å². The third-order valence-electron chi connectivity index (χ3n) is 4.65. The van der Waals surface area contributed by atoms with Gasteiger partial charge in [-0.2, -0.15) is 0 Å². The zero-order chi connectivity index (χ0) is 15.7. The first-order valence-corrected chi connectivity index (χ1v) is 8.44. The van der Waals surface area contributed by atoms with Crippen LogP contribution in [0.3, 0.4) is 0 Å². The molecular formula is C17H28N2OS. The van der Waals surface area contributed by atoms with Crippen molar-refractivity contribution in [3.8, 4) is 0 Å². The second-order valence-corrected chi connectivity index (χ2v) is 7.69. The van der Waals surface area contributed by atoms with Crippen LogP contribution in [0.5, 0.6) is 0 Å². The molecule has 0 saturated heterocycles. The second-order valence-electron chi connectivity index (χ2n) is 7.27. The maximum atomic E-state index is 6.20. The molecule has 21 heavy (non-hydrogen) atoms. The lowest BCUT2D eigenvalue weighted by molar-refractivity contribution is -0.0949. The Morgan fingerprint density at radius 2 is 1.90 bits per heavy atom. The van der Waals surface area contributed by atoms with Gasteiger partial charge in [-0.25, -0.2) is 4.98 Å². The number of aromatic nitrogens is 2. The van der Waals surface area contributed by atoms with Crippen LogP contribution in [0.2, 0.25) is 0 Å². The predicted molar refractivity (Wildman–Crippen MR) is 89.1 cm³/mol. The van der Waals surface area contributed by atoms with Gasteiger partial charge in [-0.1, -0.05) is 39.9 Å². The molecule has 1 aliphatic carbocycles. The van der Waals surface area contributed by atoms with Crippen molar-refractivity contribution >= 4 is 12.2 Å². The highest BCUT2D eigenvalue weighted by Gasteiger charge is 2.42. The predicted octanol–water partition coefficient (Wildman–Crippen LogP) is 5.09. The third kappa shape index (κ3) is 3.72. The topological polar surface area (TPSA) is 37.9 Å². The first-order valence-electron chi connectivity index (χ1n) is 8.04. The maximum Gasteiger partial charge on any atom is 0.140 e. The van der Waals surface area contributed by atoms with Crippen molar-refractivity contribution < 1.29 is 4.74 Å². The van der Waals surface area contributed by atoms with Crippen molar-refractivity contribution in [3.63, 3.8) is 0 Å². The Labute approximate surface area is 133 Å². The minimum absolute atomic E-state index is 0.289. The van der Waals surface area contributed by atoms with Crippen LogP contribution in [0.25, 0.3) is 0 Å². The molecule has 0 spiro atoms. The van der Waals surface area contributed by atoms with Crippen molar-refractivity contribution in [2.45, 2.75) is 71.8 Å². The molecule has 1 saturated carbocycles. The summed E-state index contributed by atoms with van der Waals surface area (Å²) in [5.41, 5.74) is 1.25. The molecule has 0 aromatic carbocycles. The Morgan fingerprint density at radius 1 is 1.29 bits per heavy atom. The Bertz CT molecular complexity index is 538. The lowest BCUT2D eigenvalue weighted by Crippen LogP contribution is -2.39. The molecule has 1 aromatic rings. The number of H-pyrrole nitrogens is 1. The SMILES string of the molecule is CCOC1(c2nc(=S)cc(C(C)C)[nH]2)CCC(C)(C)CC1. The summed E-state index contributed by atoms with van der Waals surface area (Å²) in [6, 6.07) is 1.97. The molecule has 118 valence electrons. The molecule has 4 heteroatoms. The fourth-order valence-electron chi connectivity index (χ4n) is 3.06. The van der Waals surface area contributed by atoms with Crippen LogP contribution in [-0.4, -0.2) is 16.6 Å². The molecule has 1 heterocycles. The zero-order valence-electron chi connectivity index (χ0n) is 14.0. The van der Waals surface area contributed by atoms with Gasteiger partial charge in [0.05, 0.1) is 0 Å². The highest BCUT2D eigenvalue weighted by molar-refractivity contribution is 7.71. The van der Waals surface area contributed by atoms with Crippen molar-refractivity contribution in [3.05, 3.63) is 22.2 Å². The van der Waals surface area contributed by atoms with Gasteiger partial charge in [0.1, 0.15) is 16.1 Å². The van der Waals surface area contributed by atoms with E-state index >= 15 is 0 Å². The van der Waals surface area contributed by atoms with E-state index in [1.807, 2.05) is 6.07 Å². The van der Waals surface area contributed by atoms with Crippen molar-refractivity contribution in [2.75, 3.05) is 6.61 Å². The van der Waals surface area contributed by atoms with Gasteiger partial charge in [0.25, 0.3) is 0 Å². The largest absolute Gasteiger partial charge is 0.367 e. The smallest absolute Gasteiger partial charge is 0.140 e. The Morgan fingerprint density at radius 3 is 2.43 bits per heavy atom. The molecule has 1 fully saturated rings. The minimum Gasteiger partial charge on any atom is -0.367 e. The van der Waals surface area contributed by atoms with Gasteiger partial charge in [0.15, 0.2) is 0 Å². The highest BCUT2D eigenvalue weighted by atomic mass is 32.1. The first kappa shape index (κ1) is 16.6. The molecular weight excluding hydrogens is 280 g/mol. The molecule has 0 unspecified atom stereocenters. The quantitative estimate of drug-likeness (QED) is 0.787. The van der Waals surface area contributed by atoms with Crippen LogP contribution in [0.1, 0.15) is 77.7 Å². The fourth-order valence-corrected chi connectivity index (χ4v) is 3.28. The average molecular weight is 308 g/mol. The molecule has 2 rings (SSSR count). The summed E-state index contributed by atoms with van der Waals surface area (Å²) in [6.07, 6.45) is 4.32. The van der Waals surface area contributed by atoms with E-state index in [1.54, 1.807) is 0 Å². The summed E-state index contributed by atoms with van der Waals surface area (Å²) < 4.78 is 6.86. The van der Waals surface area contributed by atoms with Crippen molar-refractivity contribution in [2.24, 2.45) is 5.41 Å². The number of hydrogen-bond acceptors (Lipinski definition) is 3. The Kier molecular flexibility index (Phi) is 4.89. The van der Waals surface area contributed by atoms with Gasteiger partial charge < -0.3 is 9.72 Å². The average Bonchev–Trinajstić information content (AvgIpc) is 2.41. The normalized spacial score (nSPS) is 20.7. The molecule has 0 atom stereocenters. The van der Waals surface area contributed by atoms with E-state index in [4.69, 9.17) is 17.0 Å². The number of ether oxygens (including phenoxy) is 1. The minimum atomic E-state index is -0.289. The van der Waals surface area contributed by atoms with E-state index in [9.17, 15) is 0 Å². The molecule has 0 bridgehead atoms. The zero-order valence-corrected chi connectivity index (χ0v) is 14.8. The summed E-state index contributed by atoms with van der Waals surface area (Å²) >= 11 is 5.37. The van der Waals surface area contributed by atoms with Crippen LogP contribution < -0.4 is 0 Å². The van der Waals surface area contributed by atoms with E-state index < -0.39 is 0 Å². The van der Waals surface area contributed by atoms with Crippen LogP contribution in [0, 0.1) is 10.1 Å². The van der Waals surface area contributed by atoms with Crippen LogP contribution >= 0.6 is 12.2 Å². The fraction of sp³-hybridized carbons (Fsp3) is 0.765. The molecule has 3 nitrogen and oxygen atoms in total. The van der Waals surface area contributed by atoms with E-state index in [0.717, 1.165) is 37.2 Å². The number of nitrogens with one attached hydrogen (secondary N) is 1. The Hall–Kier alpha value is -0.740. The van der Waals surface area contributed by atoms with Gasteiger partial charge in [-0.15, -0.1) is 0 Å². The van der Waals surface area contributed by atoms with E-state index in [2.05, 4.69) is 44.6 Å². The van der Waals surface area contributed by atoms with E-state index in [-0.39, 0.29) is 5.60 Å². The van der Waals surface area contributed by atoms with Crippen molar-refractivity contribution in [1.82, 2.24) is 9.97 Å². The number of aromatic amines is 1. The van der Waals surface area contributed by atoms with Crippen LogP contribution in [0.15, 0.2) is 6.07 Å². The molecule has 0 aliphatic heterocycles. The highest BCUT2D eigenvalue weighted by Crippen LogP contribution is 2.46. The van der Waals surface area contributed by atoms with Gasteiger partial charge in [0.2, 0.25) is 0 Å². The summed E-state index contributed by atoms with van der Waals surface area (Å²) in [6.45, 7) is 11.8. The first-order chi connectivity index (χ1) is 9.78. The van der Waals surface area contributed by atoms with E-state index in [0.29, 0.717) is 22.6 Å². The standard InChI is InChI=1S/C17H28N2OS/c1-6-20-17(9-7-16(4,5)8-10-17)15-18-13(12(2)3)11-14(21)19-15/h11-12H,6-10H2,1-5H3,(H,18,19,21). The van der Waals surface area contributed by atoms with Gasteiger partial charge in [-0.05, 0) is 50.0 Å². The molecule has 0 amide bonds. The van der Waals surface area contributed by atoms with Crippen molar-refractivity contribution in [1.29, 1.82) is 0 Å². The Balaban J connectivity index is 2.41. The number of hydrogen-bond donors (Lipinski definition) is 1. The summed E-state index contributed by atoms with van der Waals surface area (Å²) in [5, 5.41) is 0. The molecule has 1 aromatic heterocycles. The van der Waals surface area contributed by atoms with Gasteiger partial charge >= 0.3 is 0 Å². The number of nitrogens with zero attached hydrogens (tertiary/aromatic N) is 1. The van der Waals surface area contributed by atoms with Gasteiger partial charge in [-0.3, -0.25) is 0 Å². The second kappa shape index (κ2) is 6.17. The monoisotopic (exact) mass is 308 g/mol. The lowest BCUT2D eigenvalue weighted by atomic mass is 9.70. The van der Waals surface area contributed by atoms with Crippen LogP contribution in [-0.2, 0) is 10.3 Å². The summed E-state index contributed by atoms with van der Waals surface area (Å²) in [4.78, 5) is 8.12. The summed E-state index contributed by atoms with van der Waals surface area (Å²) in [7, 11) is 0. The molecule has 1 N–H and O–H groups in total. The molecule has 0 radical (unpaired) electrons. The molecule has 1 aliphatic rings. The number of rotatable bonds is 4. The van der Waals surface area contributed by atoms with Crippen LogP contribution in [0.4, 0.5) is 0 Å². The van der Waals surface area contributed by atoms with Gasteiger partial charge in [0, 0.05) is 12.3 Å².